The Kier molecular flexibility index (Phi) is 5.12. The lowest BCUT2D eigenvalue weighted by molar-refractivity contribution is -0.137. The molecule has 0 spiro atoms. The van der Waals surface area contributed by atoms with Gasteiger partial charge in [0.1, 0.15) is 0 Å². The van der Waals surface area contributed by atoms with E-state index < -0.39 is 23.6 Å². The van der Waals surface area contributed by atoms with Gasteiger partial charge in [-0.05, 0) is 37.6 Å². The summed E-state index contributed by atoms with van der Waals surface area (Å²) in [5.74, 6) is -1.73. The Morgan fingerprint density at radius 2 is 1.70 bits per heavy atom. The first-order valence-corrected chi connectivity index (χ1v) is 6.03. The van der Waals surface area contributed by atoms with Crippen molar-refractivity contribution in [2.45, 2.75) is 32.5 Å². The number of carbonyl (C=O) groups excluding carboxylic acids is 2. The van der Waals surface area contributed by atoms with Crippen LogP contribution in [0.3, 0.4) is 0 Å². The van der Waals surface area contributed by atoms with Crippen molar-refractivity contribution in [1.82, 2.24) is 5.32 Å². The minimum Gasteiger partial charge on any atom is -0.345 e. The number of nitrogens with one attached hydrogen (secondary N) is 2. The lowest BCUT2D eigenvalue weighted by atomic mass is 10.2. The zero-order chi connectivity index (χ0) is 15.3. The average molecular weight is 288 g/mol. The summed E-state index contributed by atoms with van der Waals surface area (Å²) in [4.78, 5) is 22.9. The molecule has 0 aliphatic carbocycles. The SMILES string of the molecule is CCC(C)NC(=O)C(=O)Nc1ccc(C(F)(F)F)cc1. The Labute approximate surface area is 114 Å². The molecule has 1 aromatic carbocycles. The normalized spacial score (nSPS) is 12.7. The van der Waals surface area contributed by atoms with Gasteiger partial charge in [0.2, 0.25) is 0 Å². The van der Waals surface area contributed by atoms with Crippen LogP contribution in [0.15, 0.2) is 24.3 Å². The van der Waals surface area contributed by atoms with Crippen LogP contribution in [0.4, 0.5) is 18.9 Å². The van der Waals surface area contributed by atoms with Gasteiger partial charge in [-0.25, -0.2) is 0 Å². The molecular weight excluding hydrogens is 273 g/mol. The molecule has 0 aromatic heterocycles. The number of benzene rings is 1. The van der Waals surface area contributed by atoms with Crippen molar-refractivity contribution < 1.29 is 22.8 Å². The summed E-state index contributed by atoms with van der Waals surface area (Å²) in [5, 5.41) is 4.69. The molecule has 0 heterocycles. The van der Waals surface area contributed by atoms with Crippen molar-refractivity contribution in [3.05, 3.63) is 29.8 Å². The largest absolute Gasteiger partial charge is 0.416 e. The maximum Gasteiger partial charge on any atom is 0.416 e. The van der Waals surface area contributed by atoms with Gasteiger partial charge in [-0.1, -0.05) is 6.92 Å². The highest BCUT2D eigenvalue weighted by Crippen LogP contribution is 2.29. The van der Waals surface area contributed by atoms with E-state index >= 15 is 0 Å². The van der Waals surface area contributed by atoms with E-state index in [0.29, 0.717) is 6.42 Å². The molecule has 2 N–H and O–H groups in total. The first-order chi connectivity index (χ1) is 9.24. The third-order valence-electron chi connectivity index (χ3n) is 2.67. The second kappa shape index (κ2) is 6.40. The minimum atomic E-state index is -4.43. The molecule has 0 aliphatic rings. The summed E-state index contributed by atoms with van der Waals surface area (Å²) in [5.41, 5.74) is -0.693. The molecule has 1 unspecified atom stereocenters. The number of hydrogen-bond acceptors (Lipinski definition) is 2. The van der Waals surface area contributed by atoms with E-state index in [4.69, 9.17) is 0 Å². The summed E-state index contributed by atoms with van der Waals surface area (Å²) in [7, 11) is 0. The van der Waals surface area contributed by atoms with Gasteiger partial charge < -0.3 is 10.6 Å². The number of rotatable bonds is 3. The molecule has 0 fully saturated rings. The highest BCUT2D eigenvalue weighted by molar-refractivity contribution is 6.39. The van der Waals surface area contributed by atoms with Crippen molar-refractivity contribution in [2.75, 3.05) is 5.32 Å². The Morgan fingerprint density at radius 3 is 2.15 bits per heavy atom. The Morgan fingerprint density at radius 1 is 1.15 bits per heavy atom. The zero-order valence-corrected chi connectivity index (χ0v) is 11.0. The van der Waals surface area contributed by atoms with Crippen molar-refractivity contribution in [3.8, 4) is 0 Å². The van der Waals surface area contributed by atoms with Crippen LogP contribution in [0.2, 0.25) is 0 Å². The van der Waals surface area contributed by atoms with E-state index in [1.807, 2.05) is 6.92 Å². The van der Waals surface area contributed by atoms with E-state index in [9.17, 15) is 22.8 Å². The molecule has 110 valence electrons. The van der Waals surface area contributed by atoms with Crippen LogP contribution in [0.1, 0.15) is 25.8 Å². The molecule has 1 atom stereocenters. The molecule has 0 saturated carbocycles. The van der Waals surface area contributed by atoms with Gasteiger partial charge in [0.05, 0.1) is 5.56 Å². The third kappa shape index (κ3) is 4.56. The van der Waals surface area contributed by atoms with Crippen molar-refractivity contribution >= 4 is 17.5 Å². The summed E-state index contributed by atoms with van der Waals surface area (Å²) in [6, 6.07) is 3.71. The maximum atomic E-state index is 12.3. The van der Waals surface area contributed by atoms with Gasteiger partial charge in [-0.3, -0.25) is 9.59 Å². The number of hydrogen-bond donors (Lipinski definition) is 2. The van der Waals surface area contributed by atoms with Crippen LogP contribution in [-0.2, 0) is 15.8 Å². The highest BCUT2D eigenvalue weighted by atomic mass is 19.4. The lowest BCUT2D eigenvalue weighted by Crippen LogP contribution is -2.40. The van der Waals surface area contributed by atoms with E-state index in [2.05, 4.69) is 10.6 Å². The second-order valence-electron chi connectivity index (χ2n) is 4.31. The summed E-state index contributed by atoms with van der Waals surface area (Å²) < 4.78 is 37.0. The Hall–Kier alpha value is -2.05. The van der Waals surface area contributed by atoms with Gasteiger partial charge >= 0.3 is 18.0 Å². The molecule has 0 bridgehead atoms. The average Bonchev–Trinajstić information content (AvgIpc) is 2.38. The maximum absolute atomic E-state index is 12.3. The monoisotopic (exact) mass is 288 g/mol. The van der Waals surface area contributed by atoms with Gasteiger partial charge in [0, 0.05) is 11.7 Å². The highest BCUT2D eigenvalue weighted by Gasteiger charge is 2.30. The molecule has 0 aliphatic heterocycles. The molecule has 4 nitrogen and oxygen atoms in total. The standard InChI is InChI=1S/C13H15F3N2O2/c1-3-8(2)17-11(19)12(20)18-10-6-4-9(5-7-10)13(14,15)16/h4-8H,3H2,1-2H3,(H,17,19)(H,18,20). The fourth-order valence-corrected chi connectivity index (χ4v) is 1.32. The number of halogens is 3. The molecule has 0 saturated heterocycles. The first-order valence-electron chi connectivity index (χ1n) is 6.03. The van der Waals surface area contributed by atoms with Gasteiger partial charge in [-0.2, -0.15) is 13.2 Å². The zero-order valence-electron chi connectivity index (χ0n) is 11.0. The van der Waals surface area contributed by atoms with Crippen molar-refractivity contribution in [2.24, 2.45) is 0 Å². The summed E-state index contributed by atoms with van der Waals surface area (Å²) in [6.45, 7) is 3.59. The fraction of sp³-hybridized carbons (Fsp3) is 0.385. The smallest absolute Gasteiger partial charge is 0.345 e. The van der Waals surface area contributed by atoms with E-state index in [1.165, 1.54) is 0 Å². The Bertz CT molecular complexity index is 483. The molecule has 7 heteroatoms. The van der Waals surface area contributed by atoms with Crippen molar-refractivity contribution in [1.29, 1.82) is 0 Å². The molecule has 1 rings (SSSR count). The molecule has 2 amide bonds. The Balaban J connectivity index is 2.65. The van der Waals surface area contributed by atoms with Gasteiger partial charge in [0.15, 0.2) is 0 Å². The summed E-state index contributed by atoms with van der Waals surface area (Å²) in [6.07, 6.45) is -3.77. The number of amides is 2. The fourth-order valence-electron chi connectivity index (χ4n) is 1.32. The number of carbonyl (C=O) groups is 2. The van der Waals surface area contributed by atoms with Crippen LogP contribution in [0.25, 0.3) is 0 Å². The van der Waals surface area contributed by atoms with Gasteiger partial charge in [-0.15, -0.1) is 0 Å². The number of alkyl halides is 3. The second-order valence-corrected chi connectivity index (χ2v) is 4.31. The van der Waals surface area contributed by atoms with Crippen LogP contribution < -0.4 is 10.6 Å². The predicted octanol–water partition coefficient (Wildman–Crippen LogP) is 2.56. The number of anilines is 1. The molecular formula is C13H15F3N2O2. The first kappa shape index (κ1) is 16.0. The van der Waals surface area contributed by atoms with Crippen LogP contribution >= 0.6 is 0 Å². The van der Waals surface area contributed by atoms with Crippen LogP contribution in [0.5, 0.6) is 0 Å². The quantitative estimate of drug-likeness (QED) is 0.840. The van der Waals surface area contributed by atoms with Gasteiger partial charge in [0.25, 0.3) is 0 Å². The van der Waals surface area contributed by atoms with Crippen LogP contribution in [-0.4, -0.2) is 17.9 Å². The van der Waals surface area contributed by atoms with Crippen molar-refractivity contribution in [3.63, 3.8) is 0 Å². The molecule has 1 aromatic rings. The molecule has 0 radical (unpaired) electrons. The molecule has 20 heavy (non-hydrogen) atoms. The van der Waals surface area contributed by atoms with E-state index in [1.54, 1.807) is 6.92 Å². The lowest BCUT2D eigenvalue weighted by Gasteiger charge is -2.11. The minimum absolute atomic E-state index is 0.127. The van der Waals surface area contributed by atoms with E-state index in [0.717, 1.165) is 24.3 Å². The van der Waals surface area contributed by atoms with E-state index in [-0.39, 0.29) is 11.7 Å². The predicted molar refractivity (Wildman–Crippen MR) is 68.0 cm³/mol. The summed E-state index contributed by atoms with van der Waals surface area (Å²) >= 11 is 0. The third-order valence-corrected chi connectivity index (χ3v) is 2.67. The van der Waals surface area contributed by atoms with Crippen LogP contribution in [0, 0.1) is 0 Å². The topological polar surface area (TPSA) is 58.2 Å².